The van der Waals surface area contributed by atoms with Crippen LogP contribution in [-0.2, 0) is 4.79 Å². The molecule has 0 saturated carbocycles. The average molecular weight is 266 g/mol. The fourth-order valence-corrected chi connectivity index (χ4v) is 2.12. The zero-order valence-electron chi connectivity index (χ0n) is 11.7. The molecular formula is C15H23FN2O. The van der Waals surface area contributed by atoms with Crippen LogP contribution in [0.5, 0.6) is 0 Å². The van der Waals surface area contributed by atoms with E-state index in [2.05, 4.69) is 12.2 Å². The van der Waals surface area contributed by atoms with Crippen molar-refractivity contribution in [3.05, 3.63) is 29.6 Å². The molecule has 4 heteroatoms. The highest BCUT2D eigenvalue weighted by molar-refractivity contribution is 5.91. The molecule has 0 aliphatic heterocycles. The third kappa shape index (κ3) is 4.99. The van der Waals surface area contributed by atoms with Gasteiger partial charge < -0.3 is 11.1 Å². The van der Waals surface area contributed by atoms with Crippen LogP contribution < -0.4 is 11.1 Å². The molecule has 0 bridgehead atoms. The minimum Gasteiger partial charge on any atom is -0.330 e. The standard InChI is InChI=1S/C15H23FN2O/c1-3-12(9-10-17)7-8-14(19)18-15-11(2)5-4-6-13(15)16/h4-6,12H,3,7-10,17H2,1-2H3,(H,18,19). The largest absolute Gasteiger partial charge is 0.330 e. The van der Waals surface area contributed by atoms with E-state index in [0.717, 1.165) is 24.8 Å². The number of para-hydroxylation sites is 1. The maximum absolute atomic E-state index is 13.6. The normalized spacial score (nSPS) is 12.2. The lowest BCUT2D eigenvalue weighted by Crippen LogP contribution is -2.16. The van der Waals surface area contributed by atoms with Crippen molar-refractivity contribution in [1.82, 2.24) is 0 Å². The van der Waals surface area contributed by atoms with E-state index in [9.17, 15) is 9.18 Å². The molecule has 1 rings (SSSR count). The van der Waals surface area contributed by atoms with Crippen molar-refractivity contribution in [2.45, 2.75) is 39.5 Å². The molecule has 3 N–H and O–H groups in total. The number of halogens is 1. The van der Waals surface area contributed by atoms with E-state index in [4.69, 9.17) is 5.73 Å². The number of anilines is 1. The van der Waals surface area contributed by atoms with E-state index in [0.29, 0.717) is 24.6 Å². The molecule has 0 aliphatic rings. The van der Waals surface area contributed by atoms with Gasteiger partial charge in [0.15, 0.2) is 0 Å². The summed E-state index contributed by atoms with van der Waals surface area (Å²) >= 11 is 0. The lowest BCUT2D eigenvalue weighted by atomic mass is 9.96. The lowest BCUT2D eigenvalue weighted by molar-refractivity contribution is -0.116. The number of aryl methyl sites for hydroxylation is 1. The molecule has 0 heterocycles. The molecule has 0 aliphatic carbocycles. The van der Waals surface area contributed by atoms with Gasteiger partial charge in [-0.25, -0.2) is 4.39 Å². The van der Waals surface area contributed by atoms with Gasteiger partial charge in [-0.1, -0.05) is 25.5 Å². The first-order chi connectivity index (χ1) is 9.08. The molecule has 1 atom stereocenters. The summed E-state index contributed by atoms with van der Waals surface area (Å²) in [5, 5.41) is 2.65. The van der Waals surface area contributed by atoms with Crippen LogP contribution in [0.2, 0.25) is 0 Å². The molecule has 106 valence electrons. The van der Waals surface area contributed by atoms with Crippen molar-refractivity contribution in [2.75, 3.05) is 11.9 Å². The van der Waals surface area contributed by atoms with Crippen LogP contribution in [0.4, 0.5) is 10.1 Å². The molecule has 0 saturated heterocycles. The van der Waals surface area contributed by atoms with Crippen LogP contribution in [0.15, 0.2) is 18.2 Å². The number of hydrogen-bond acceptors (Lipinski definition) is 2. The van der Waals surface area contributed by atoms with Gasteiger partial charge in [0, 0.05) is 6.42 Å². The van der Waals surface area contributed by atoms with Gasteiger partial charge in [0.1, 0.15) is 5.82 Å². The summed E-state index contributed by atoms with van der Waals surface area (Å²) < 4.78 is 13.6. The van der Waals surface area contributed by atoms with Crippen LogP contribution >= 0.6 is 0 Å². The quantitative estimate of drug-likeness (QED) is 0.796. The van der Waals surface area contributed by atoms with Gasteiger partial charge in [-0.3, -0.25) is 4.79 Å². The Morgan fingerprint density at radius 3 is 2.74 bits per heavy atom. The van der Waals surface area contributed by atoms with E-state index >= 15 is 0 Å². The van der Waals surface area contributed by atoms with Crippen molar-refractivity contribution in [3.8, 4) is 0 Å². The van der Waals surface area contributed by atoms with Gasteiger partial charge in [0.2, 0.25) is 5.91 Å². The maximum atomic E-state index is 13.6. The van der Waals surface area contributed by atoms with E-state index in [1.807, 2.05) is 0 Å². The van der Waals surface area contributed by atoms with Crippen LogP contribution in [0.3, 0.4) is 0 Å². The van der Waals surface area contributed by atoms with Crippen LogP contribution in [0, 0.1) is 18.7 Å². The molecule has 19 heavy (non-hydrogen) atoms. The Morgan fingerprint density at radius 1 is 1.42 bits per heavy atom. The lowest BCUT2D eigenvalue weighted by Gasteiger charge is -2.14. The second-order valence-corrected chi connectivity index (χ2v) is 4.87. The number of amides is 1. The Bertz CT molecular complexity index is 400. The maximum Gasteiger partial charge on any atom is 0.224 e. The fourth-order valence-electron chi connectivity index (χ4n) is 2.12. The molecule has 1 aromatic carbocycles. The number of rotatable bonds is 7. The van der Waals surface area contributed by atoms with Crippen molar-refractivity contribution < 1.29 is 9.18 Å². The Morgan fingerprint density at radius 2 is 2.16 bits per heavy atom. The first-order valence-corrected chi connectivity index (χ1v) is 6.83. The molecule has 0 radical (unpaired) electrons. The van der Waals surface area contributed by atoms with Gasteiger partial charge in [0.25, 0.3) is 0 Å². The fraction of sp³-hybridized carbons (Fsp3) is 0.533. The summed E-state index contributed by atoms with van der Waals surface area (Å²) in [5.41, 5.74) is 6.55. The second kappa shape index (κ2) is 7.89. The van der Waals surface area contributed by atoms with Gasteiger partial charge in [-0.15, -0.1) is 0 Å². The van der Waals surface area contributed by atoms with Crippen LogP contribution in [0.1, 0.15) is 38.2 Å². The van der Waals surface area contributed by atoms with Gasteiger partial charge >= 0.3 is 0 Å². The first kappa shape index (κ1) is 15.6. The van der Waals surface area contributed by atoms with Gasteiger partial charge in [-0.05, 0) is 43.9 Å². The zero-order valence-corrected chi connectivity index (χ0v) is 11.7. The summed E-state index contributed by atoms with van der Waals surface area (Å²) in [4.78, 5) is 11.8. The minimum absolute atomic E-state index is 0.135. The highest BCUT2D eigenvalue weighted by atomic mass is 19.1. The third-order valence-electron chi connectivity index (χ3n) is 3.42. The van der Waals surface area contributed by atoms with E-state index in [-0.39, 0.29) is 11.7 Å². The third-order valence-corrected chi connectivity index (χ3v) is 3.42. The van der Waals surface area contributed by atoms with Crippen molar-refractivity contribution in [2.24, 2.45) is 11.7 Å². The van der Waals surface area contributed by atoms with Crippen molar-refractivity contribution >= 4 is 11.6 Å². The molecular weight excluding hydrogens is 243 g/mol. The average Bonchev–Trinajstić information content (AvgIpc) is 2.39. The zero-order chi connectivity index (χ0) is 14.3. The molecule has 0 aromatic heterocycles. The van der Waals surface area contributed by atoms with Gasteiger partial charge in [-0.2, -0.15) is 0 Å². The molecule has 0 fully saturated rings. The number of carbonyl (C=O) groups excluding carboxylic acids is 1. The Kier molecular flexibility index (Phi) is 6.50. The molecule has 0 spiro atoms. The first-order valence-electron chi connectivity index (χ1n) is 6.83. The SMILES string of the molecule is CCC(CCN)CCC(=O)Nc1c(C)cccc1F. The Balaban J connectivity index is 2.51. The molecule has 1 amide bonds. The molecule has 3 nitrogen and oxygen atoms in total. The van der Waals surface area contributed by atoms with E-state index in [1.165, 1.54) is 6.07 Å². The van der Waals surface area contributed by atoms with Crippen molar-refractivity contribution in [1.29, 1.82) is 0 Å². The minimum atomic E-state index is -0.387. The predicted molar refractivity (Wildman–Crippen MR) is 76.5 cm³/mol. The monoisotopic (exact) mass is 266 g/mol. The number of hydrogen-bond donors (Lipinski definition) is 2. The topological polar surface area (TPSA) is 55.1 Å². The number of carbonyl (C=O) groups is 1. The van der Waals surface area contributed by atoms with Crippen LogP contribution in [0.25, 0.3) is 0 Å². The van der Waals surface area contributed by atoms with Crippen LogP contribution in [-0.4, -0.2) is 12.5 Å². The van der Waals surface area contributed by atoms with Gasteiger partial charge in [0.05, 0.1) is 5.69 Å². The smallest absolute Gasteiger partial charge is 0.224 e. The number of benzene rings is 1. The van der Waals surface area contributed by atoms with Crippen molar-refractivity contribution in [3.63, 3.8) is 0 Å². The predicted octanol–water partition coefficient (Wildman–Crippen LogP) is 3.23. The Labute approximate surface area is 114 Å². The summed E-state index contributed by atoms with van der Waals surface area (Å²) in [6, 6.07) is 4.77. The number of nitrogens with two attached hydrogens (primary N) is 1. The Hall–Kier alpha value is -1.42. The second-order valence-electron chi connectivity index (χ2n) is 4.87. The summed E-state index contributed by atoms with van der Waals surface area (Å²) in [6.07, 6.45) is 3.16. The van der Waals surface area contributed by atoms with E-state index < -0.39 is 0 Å². The molecule has 1 aromatic rings. The summed E-state index contributed by atoms with van der Waals surface area (Å²) in [6.45, 7) is 4.52. The summed E-state index contributed by atoms with van der Waals surface area (Å²) in [7, 11) is 0. The summed E-state index contributed by atoms with van der Waals surface area (Å²) in [5.74, 6) is -0.0523. The highest BCUT2D eigenvalue weighted by Crippen LogP contribution is 2.20. The number of nitrogens with one attached hydrogen (secondary N) is 1. The highest BCUT2D eigenvalue weighted by Gasteiger charge is 2.12. The molecule has 1 unspecified atom stereocenters. The van der Waals surface area contributed by atoms with E-state index in [1.54, 1.807) is 19.1 Å².